The summed E-state index contributed by atoms with van der Waals surface area (Å²) in [5.74, 6) is -0.745. The summed E-state index contributed by atoms with van der Waals surface area (Å²) >= 11 is 5.54. The van der Waals surface area contributed by atoms with E-state index in [1.165, 1.54) is 0 Å². The molecule has 0 aliphatic heterocycles. The predicted octanol–water partition coefficient (Wildman–Crippen LogP) is 2.00. The molecule has 0 saturated heterocycles. The molecular formula is C9H13ClO3. The van der Waals surface area contributed by atoms with Crippen molar-refractivity contribution in [2.75, 3.05) is 0 Å². The molecule has 0 fully saturated rings. The van der Waals surface area contributed by atoms with Gasteiger partial charge in [-0.1, -0.05) is 36.7 Å². The molecule has 0 heterocycles. The van der Waals surface area contributed by atoms with Gasteiger partial charge in [-0.3, -0.25) is 4.79 Å². The minimum absolute atomic E-state index is 0. The lowest BCUT2D eigenvalue weighted by atomic mass is 10.4. The monoisotopic (exact) mass is 204 g/mol. The van der Waals surface area contributed by atoms with Crippen molar-refractivity contribution in [3.8, 4) is 0 Å². The summed E-state index contributed by atoms with van der Waals surface area (Å²) in [4.78, 5) is 9.37. The molecule has 3 nitrogen and oxygen atoms in total. The molecule has 4 heteroatoms. The highest BCUT2D eigenvalue weighted by atomic mass is 35.5. The number of rotatable bonds is 1. The van der Waals surface area contributed by atoms with Gasteiger partial charge in [0.1, 0.15) is 0 Å². The van der Waals surface area contributed by atoms with Crippen LogP contribution in [0.2, 0.25) is 5.02 Å². The van der Waals surface area contributed by atoms with Crippen LogP contribution in [0.15, 0.2) is 30.3 Å². The fourth-order valence-corrected chi connectivity index (χ4v) is 0.560. The van der Waals surface area contributed by atoms with Gasteiger partial charge in [-0.2, -0.15) is 0 Å². The number of hydrogen-bond donors (Lipinski definition) is 1. The van der Waals surface area contributed by atoms with Crippen LogP contribution in [-0.2, 0) is 4.79 Å². The van der Waals surface area contributed by atoms with Gasteiger partial charge in [0, 0.05) is 11.4 Å². The van der Waals surface area contributed by atoms with Crippen LogP contribution in [-0.4, -0.2) is 16.6 Å². The van der Waals surface area contributed by atoms with Crippen LogP contribution in [0.5, 0.6) is 0 Å². The Labute approximate surface area is 82.3 Å². The van der Waals surface area contributed by atoms with E-state index in [-0.39, 0.29) is 11.9 Å². The number of halogens is 1. The molecule has 74 valence electrons. The van der Waals surface area contributed by atoms with Gasteiger partial charge in [0.15, 0.2) is 0 Å². The zero-order valence-electron chi connectivity index (χ0n) is 7.33. The quantitative estimate of drug-likeness (QED) is 0.760. The zero-order chi connectivity index (χ0) is 9.40. The van der Waals surface area contributed by atoms with Crippen LogP contribution >= 0.6 is 11.6 Å². The molecule has 0 aliphatic rings. The Morgan fingerprint density at radius 3 is 1.92 bits per heavy atom. The minimum Gasteiger partial charge on any atom is -0.481 e. The Morgan fingerprint density at radius 1 is 1.38 bits per heavy atom. The molecule has 13 heavy (non-hydrogen) atoms. The smallest absolute Gasteiger partial charge is 0.303 e. The third kappa shape index (κ3) is 10.9. The third-order valence-electron chi connectivity index (χ3n) is 1.04. The number of aliphatic carboxylic acids is 1. The zero-order valence-corrected chi connectivity index (χ0v) is 8.08. The normalized spacial score (nSPS) is 7.54. The van der Waals surface area contributed by atoms with Gasteiger partial charge in [0.25, 0.3) is 0 Å². The van der Waals surface area contributed by atoms with Crippen LogP contribution < -0.4 is 0 Å². The first-order valence-electron chi connectivity index (χ1n) is 3.59. The first-order valence-corrected chi connectivity index (χ1v) is 3.97. The molecule has 0 bridgehead atoms. The van der Waals surface area contributed by atoms with E-state index in [9.17, 15) is 4.79 Å². The lowest BCUT2D eigenvalue weighted by Crippen LogP contribution is -1.86. The molecule has 1 aromatic rings. The molecule has 3 N–H and O–H groups in total. The van der Waals surface area contributed by atoms with Crippen molar-refractivity contribution in [1.82, 2.24) is 0 Å². The average Bonchev–Trinajstić information content (AvgIpc) is 2.07. The maximum Gasteiger partial charge on any atom is 0.303 e. The number of benzene rings is 1. The molecule has 1 aromatic carbocycles. The van der Waals surface area contributed by atoms with E-state index in [2.05, 4.69) is 0 Å². The second kappa shape index (κ2) is 9.03. The molecule has 0 spiro atoms. The van der Waals surface area contributed by atoms with Crippen molar-refractivity contribution in [3.63, 3.8) is 0 Å². The summed E-state index contributed by atoms with van der Waals surface area (Å²) in [5, 5.41) is 8.52. The Kier molecular flexibility index (Phi) is 10.0. The third-order valence-corrected chi connectivity index (χ3v) is 1.29. The summed E-state index contributed by atoms with van der Waals surface area (Å²) in [6.07, 6.45) is 0.222. The maximum atomic E-state index is 9.37. The highest BCUT2D eigenvalue weighted by molar-refractivity contribution is 6.30. The van der Waals surface area contributed by atoms with Crippen molar-refractivity contribution in [2.24, 2.45) is 0 Å². The van der Waals surface area contributed by atoms with Crippen LogP contribution in [0, 0.1) is 0 Å². The first kappa shape index (κ1) is 14.5. The van der Waals surface area contributed by atoms with Crippen molar-refractivity contribution in [3.05, 3.63) is 35.4 Å². The maximum absolute atomic E-state index is 9.37. The summed E-state index contributed by atoms with van der Waals surface area (Å²) in [6.45, 7) is 1.60. The lowest BCUT2D eigenvalue weighted by Gasteiger charge is -1.80. The highest BCUT2D eigenvalue weighted by Crippen LogP contribution is 2.03. The Bertz CT molecular complexity index is 224. The fourth-order valence-electron chi connectivity index (χ4n) is 0.415. The van der Waals surface area contributed by atoms with E-state index in [1.54, 1.807) is 6.92 Å². The van der Waals surface area contributed by atoms with Crippen LogP contribution in [0.1, 0.15) is 13.3 Å². The van der Waals surface area contributed by atoms with Gasteiger partial charge in [0.05, 0.1) is 0 Å². The summed E-state index contributed by atoms with van der Waals surface area (Å²) in [5.41, 5.74) is 0. The Morgan fingerprint density at radius 2 is 1.77 bits per heavy atom. The van der Waals surface area contributed by atoms with E-state index in [4.69, 9.17) is 16.7 Å². The van der Waals surface area contributed by atoms with Gasteiger partial charge >= 0.3 is 5.97 Å². The molecule has 0 radical (unpaired) electrons. The number of hydrogen-bond acceptors (Lipinski definition) is 1. The van der Waals surface area contributed by atoms with Crippen molar-refractivity contribution in [1.29, 1.82) is 0 Å². The Hall–Kier alpha value is -1.06. The van der Waals surface area contributed by atoms with Crippen LogP contribution in [0.3, 0.4) is 0 Å². The lowest BCUT2D eigenvalue weighted by molar-refractivity contribution is -0.136. The summed E-state index contributed by atoms with van der Waals surface area (Å²) in [6, 6.07) is 9.44. The van der Waals surface area contributed by atoms with Gasteiger partial charge in [-0.15, -0.1) is 0 Å². The van der Waals surface area contributed by atoms with Crippen molar-refractivity contribution < 1.29 is 15.4 Å². The molecule has 0 aliphatic carbocycles. The van der Waals surface area contributed by atoms with Gasteiger partial charge in [-0.05, 0) is 12.1 Å². The van der Waals surface area contributed by atoms with E-state index in [0.717, 1.165) is 5.02 Å². The molecule has 0 saturated carbocycles. The standard InChI is InChI=1S/C6H5Cl.C3H6O2.H2O/c7-6-4-2-1-3-5-6;1-2-3(4)5;/h1-5H;2H2,1H3,(H,4,5);1H2. The van der Waals surface area contributed by atoms with E-state index in [1.807, 2.05) is 30.3 Å². The molecular weight excluding hydrogens is 192 g/mol. The number of carboxylic acid groups (broad SMARTS) is 1. The number of carboxylic acids is 1. The van der Waals surface area contributed by atoms with Crippen molar-refractivity contribution in [2.45, 2.75) is 13.3 Å². The van der Waals surface area contributed by atoms with Gasteiger partial charge < -0.3 is 10.6 Å². The predicted molar refractivity (Wildman–Crippen MR) is 53.0 cm³/mol. The minimum atomic E-state index is -0.745. The SMILES string of the molecule is CCC(=O)O.Clc1ccccc1.O. The van der Waals surface area contributed by atoms with Crippen LogP contribution in [0.4, 0.5) is 0 Å². The van der Waals surface area contributed by atoms with E-state index in [0.29, 0.717) is 0 Å². The average molecular weight is 205 g/mol. The van der Waals surface area contributed by atoms with Gasteiger partial charge in [0.2, 0.25) is 0 Å². The Balaban J connectivity index is 0. The molecule has 0 atom stereocenters. The highest BCUT2D eigenvalue weighted by Gasteiger charge is 1.80. The fraction of sp³-hybridized carbons (Fsp3) is 0.222. The molecule has 1 rings (SSSR count). The van der Waals surface area contributed by atoms with Crippen molar-refractivity contribution >= 4 is 17.6 Å². The van der Waals surface area contributed by atoms with Crippen LogP contribution in [0.25, 0.3) is 0 Å². The summed E-state index contributed by atoms with van der Waals surface area (Å²) in [7, 11) is 0. The second-order valence-electron chi connectivity index (χ2n) is 2.04. The van der Waals surface area contributed by atoms with E-state index >= 15 is 0 Å². The van der Waals surface area contributed by atoms with E-state index < -0.39 is 5.97 Å². The first-order chi connectivity index (χ1) is 5.66. The number of carbonyl (C=O) groups is 1. The summed E-state index contributed by atoms with van der Waals surface area (Å²) < 4.78 is 0. The topological polar surface area (TPSA) is 68.8 Å². The second-order valence-corrected chi connectivity index (χ2v) is 2.48. The molecule has 0 amide bonds. The molecule has 0 aromatic heterocycles. The largest absolute Gasteiger partial charge is 0.481 e. The molecule has 0 unspecified atom stereocenters. The van der Waals surface area contributed by atoms with Gasteiger partial charge in [-0.25, -0.2) is 0 Å².